The summed E-state index contributed by atoms with van der Waals surface area (Å²) in [6, 6.07) is 29.4. The summed E-state index contributed by atoms with van der Waals surface area (Å²) in [5.41, 5.74) is 6.70. The Morgan fingerprint density at radius 3 is 1.98 bits per heavy atom. The van der Waals surface area contributed by atoms with Crippen LogP contribution in [0.2, 0.25) is 0 Å². The first-order valence-corrected chi connectivity index (χ1v) is 13.4. The Morgan fingerprint density at radius 2 is 1.38 bits per heavy atom. The molecule has 2 amide bonds. The molecule has 1 aliphatic carbocycles. The SMILES string of the molecule is COc1ccc(C(=O)Nc2ccc(N3CCN(C(=O)C4c5ccccc5-c5ccccc54)CC3)cc2)c(OC)c1. The van der Waals surface area contributed by atoms with Crippen molar-refractivity contribution in [2.24, 2.45) is 0 Å². The molecule has 0 aromatic heterocycles. The number of amides is 2. The van der Waals surface area contributed by atoms with E-state index in [0.717, 1.165) is 41.0 Å². The van der Waals surface area contributed by atoms with E-state index in [2.05, 4.69) is 34.5 Å². The Labute approximate surface area is 233 Å². The van der Waals surface area contributed by atoms with Crippen LogP contribution in [0.25, 0.3) is 11.1 Å². The van der Waals surface area contributed by atoms with Crippen LogP contribution in [0.1, 0.15) is 27.4 Å². The van der Waals surface area contributed by atoms with E-state index < -0.39 is 0 Å². The smallest absolute Gasteiger partial charge is 0.259 e. The van der Waals surface area contributed by atoms with Crippen LogP contribution in [0.15, 0.2) is 91.0 Å². The van der Waals surface area contributed by atoms with Gasteiger partial charge in [-0.2, -0.15) is 0 Å². The second-order valence-electron chi connectivity index (χ2n) is 9.99. The van der Waals surface area contributed by atoms with E-state index in [1.54, 1.807) is 25.3 Å². The molecule has 1 heterocycles. The topological polar surface area (TPSA) is 71.1 Å². The summed E-state index contributed by atoms with van der Waals surface area (Å²) in [6.07, 6.45) is 0. The monoisotopic (exact) mass is 533 g/mol. The molecule has 0 saturated carbocycles. The number of carbonyl (C=O) groups excluding carboxylic acids is 2. The fourth-order valence-corrected chi connectivity index (χ4v) is 5.73. The molecule has 0 unspecified atom stereocenters. The van der Waals surface area contributed by atoms with Gasteiger partial charge >= 0.3 is 0 Å². The Balaban J connectivity index is 1.09. The highest BCUT2D eigenvalue weighted by molar-refractivity contribution is 6.06. The minimum atomic E-state index is -0.255. The second-order valence-corrected chi connectivity index (χ2v) is 9.99. The molecule has 202 valence electrons. The maximum absolute atomic E-state index is 13.8. The first-order valence-electron chi connectivity index (χ1n) is 13.4. The quantitative estimate of drug-likeness (QED) is 0.359. The average molecular weight is 534 g/mol. The van der Waals surface area contributed by atoms with Gasteiger partial charge in [-0.3, -0.25) is 9.59 Å². The van der Waals surface area contributed by atoms with E-state index in [1.807, 2.05) is 53.4 Å². The van der Waals surface area contributed by atoms with E-state index in [1.165, 1.54) is 7.11 Å². The Hall–Kier alpha value is -4.78. The maximum atomic E-state index is 13.8. The van der Waals surface area contributed by atoms with Crippen molar-refractivity contribution < 1.29 is 19.1 Å². The van der Waals surface area contributed by atoms with Crippen molar-refractivity contribution in [2.75, 3.05) is 50.6 Å². The summed E-state index contributed by atoms with van der Waals surface area (Å²) in [5, 5.41) is 2.94. The van der Waals surface area contributed by atoms with Gasteiger partial charge in [-0.25, -0.2) is 0 Å². The van der Waals surface area contributed by atoms with E-state index >= 15 is 0 Å². The second kappa shape index (κ2) is 10.8. The van der Waals surface area contributed by atoms with Crippen LogP contribution in [-0.4, -0.2) is 57.1 Å². The van der Waals surface area contributed by atoms with Crippen LogP contribution in [0.5, 0.6) is 11.5 Å². The molecule has 0 spiro atoms. The number of rotatable bonds is 6. The molecule has 0 radical (unpaired) electrons. The van der Waals surface area contributed by atoms with Crippen molar-refractivity contribution in [1.82, 2.24) is 4.90 Å². The zero-order valence-corrected chi connectivity index (χ0v) is 22.6. The van der Waals surface area contributed by atoms with Gasteiger partial charge in [0.05, 0.1) is 25.7 Å². The van der Waals surface area contributed by atoms with Crippen LogP contribution in [0.3, 0.4) is 0 Å². The largest absolute Gasteiger partial charge is 0.497 e. The lowest BCUT2D eigenvalue weighted by atomic mass is 9.95. The van der Waals surface area contributed by atoms with Crippen molar-refractivity contribution in [3.8, 4) is 22.6 Å². The molecular weight excluding hydrogens is 502 g/mol. The van der Waals surface area contributed by atoms with Gasteiger partial charge in [-0.05, 0) is 58.7 Å². The highest BCUT2D eigenvalue weighted by Crippen LogP contribution is 2.45. The fourth-order valence-electron chi connectivity index (χ4n) is 5.73. The van der Waals surface area contributed by atoms with Crippen LogP contribution >= 0.6 is 0 Å². The third-order valence-corrected chi connectivity index (χ3v) is 7.82. The third kappa shape index (κ3) is 4.64. The number of anilines is 2. The van der Waals surface area contributed by atoms with Crippen LogP contribution in [0, 0.1) is 0 Å². The third-order valence-electron chi connectivity index (χ3n) is 7.82. The van der Waals surface area contributed by atoms with Crippen LogP contribution in [-0.2, 0) is 4.79 Å². The van der Waals surface area contributed by atoms with Crippen molar-refractivity contribution in [3.63, 3.8) is 0 Å². The summed E-state index contributed by atoms with van der Waals surface area (Å²) >= 11 is 0. The van der Waals surface area contributed by atoms with E-state index in [4.69, 9.17) is 9.47 Å². The predicted molar refractivity (Wildman–Crippen MR) is 156 cm³/mol. The first kappa shape index (κ1) is 25.5. The van der Waals surface area contributed by atoms with Crippen LogP contribution in [0.4, 0.5) is 11.4 Å². The number of hydrogen-bond acceptors (Lipinski definition) is 5. The highest BCUT2D eigenvalue weighted by atomic mass is 16.5. The molecule has 0 atom stereocenters. The summed E-state index contributed by atoms with van der Waals surface area (Å²) in [4.78, 5) is 30.9. The van der Waals surface area contributed by atoms with Crippen molar-refractivity contribution >= 4 is 23.2 Å². The lowest BCUT2D eigenvalue weighted by Crippen LogP contribution is -2.50. The van der Waals surface area contributed by atoms with E-state index in [0.29, 0.717) is 35.8 Å². The molecule has 1 saturated heterocycles. The molecule has 4 aromatic carbocycles. The number of benzene rings is 4. The lowest BCUT2D eigenvalue weighted by Gasteiger charge is -2.37. The average Bonchev–Trinajstić information content (AvgIpc) is 3.35. The molecule has 4 aromatic rings. The summed E-state index contributed by atoms with van der Waals surface area (Å²) < 4.78 is 10.6. The van der Waals surface area contributed by atoms with Gasteiger partial charge in [0.1, 0.15) is 11.5 Å². The zero-order valence-electron chi connectivity index (χ0n) is 22.6. The van der Waals surface area contributed by atoms with Gasteiger partial charge in [0, 0.05) is 43.6 Å². The van der Waals surface area contributed by atoms with Crippen molar-refractivity contribution in [1.29, 1.82) is 0 Å². The summed E-state index contributed by atoms with van der Waals surface area (Å²) in [7, 11) is 3.10. The Kier molecular flexibility index (Phi) is 6.86. The lowest BCUT2D eigenvalue weighted by molar-refractivity contribution is -0.132. The first-order chi connectivity index (χ1) is 19.6. The van der Waals surface area contributed by atoms with Crippen LogP contribution < -0.4 is 19.7 Å². The number of nitrogens with zero attached hydrogens (tertiary/aromatic N) is 2. The molecule has 40 heavy (non-hydrogen) atoms. The molecule has 1 fully saturated rings. The van der Waals surface area contributed by atoms with Gasteiger partial charge in [0.15, 0.2) is 0 Å². The summed E-state index contributed by atoms with van der Waals surface area (Å²) in [6.45, 7) is 2.82. The molecule has 1 aliphatic heterocycles. The minimum absolute atomic E-state index is 0.170. The number of fused-ring (bicyclic) bond motifs is 3. The number of piperazine rings is 1. The minimum Gasteiger partial charge on any atom is -0.497 e. The fraction of sp³-hybridized carbons (Fsp3) is 0.212. The van der Waals surface area contributed by atoms with Gasteiger partial charge in [0.25, 0.3) is 5.91 Å². The number of nitrogens with one attached hydrogen (secondary N) is 1. The maximum Gasteiger partial charge on any atom is 0.259 e. The Morgan fingerprint density at radius 1 is 0.750 bits per heavy atom. The van der Waals surface area contributed by atoms with E-state index in [9.17, 15) is 9.59 Å². The van der Waals surface area contributed by atoms with Gasteiger partial charge in [0.2, 0.25) is 5.91 Å². The standard InChI is InChI=1S/C33H31N3O4/c1-39-24-15-16-29(30(21-24)40-2)32(37)34-22-11-13-23(14-12-22)35-17-19-36(20-18-35)33(38)31-27-9-5-3-7-25(27)26-8-4-6-10-28(26)31/h3-16,21,31H,17-20H2,1-2H3,(H,34,37). The molecule has 2 aliphatic rings. The summed E-state index contributed by atoms with van der Waals surface area (Å²) in [5.74, 6) is 0.743. The van der Waals surface area contributed by atoms with E-state index in [-0.39, 0.29) is 17.7 Å². The predicted octanol–water partition coefficient (Wildman–Crippen LogP) is 5.42. The number of ether oxygens (including phenoxy) is 2. The Bertz CT molecular complexity index is 1510. The number of carbonyl (C=O) groups is 2. The normalized spacial score (nSPS) is 14.3. The molecule has 6 rings (SSSR count). The molecule has 0 bridgehead atoms. The number of methoxy groups -OCH3 is 2. The number of hydrogen-bond donors (Lipinski definition) is 1. The van der Waals surface area contributed by atoms with Gasteiger partial charge in [-0.1, -0.05) is 48.5 Å². The molecule has 7 nitrogen and oxygen atoms in total. The van der Waals surface area contributed by atoms with Gasteiger partial charge in [-0.15, -0.1) is 0 Å². The van der Waals surface area contributed by atoms with Crippen molar-refractivity contribution in [3.05, 3.63) is 108 Å². The highest BCUT2D eigenvalue weighted by Gasteiger charge is 2.36. The molecule has 7 heteroatoms. The molecule has 1 N–H and O–H groups in total. The molecular formula is C33H31N3O4. The zero-order chi connectivity index (χ0) is 27.6. The van der Waals surface area contributed by atoms with Crippen molar-refractivity contribution in [2.45, 2.75) is 5.92 Å². The van der Waals surface area contributed by atoms with Gasteiger partial charge < -0.3 is 24.6 Å².